The fourth-order valence-corrected chi connectivity index (χ4v) is 4.53. The number of ether oxygens (including phenoxy) is 1. The lowest BCUT2D eigenvalue weighted by Crippen LogP contribution is -2.25. The Balaban J connectivity index is 1.79. The molecule has 172 valence electrons. The van der Waals surface area contributed by atoms with Crippen molar-refractivity contribution in [1.29, 1.82) is 0 Å². The summed E-state index contributed by atoms with van der Waals surface area (Å²) in [4.78, 5) is 12.8. The van der Waals surface area contributed by atoms with Crippen LogP contribution in [0.3, 0.4) is 0 Å². The van der Waals surface area contributed by atoms with Gasteiger partial charge in [-0.1, -0.05) is 61.4 Å². The van der Waals surface area contributed by atoms with Crippen molar-refractivity contribution >= 4 is 35.1 Å². The van der Waals surface area contributed by atoms with Crippen LogP contribution in [0.5, 0.6) is 5.75 Å². The molecule has 3 aromatic rings. The van der Waals surface area contributed by atoms with Crippen molar-refractivity contribution in [2.24, 2.45) is 0 Å². The Kier molecular flexibility index (Phi) is 8.58. The van der Waals surface area contributed by atoms with Crippen LogP contribution in [0, 0.1) is 6.92 Å². The summed E-state index contributed by atoms with van der Waals surface area (Å²) in [5, 5.41) is 16.3. The fourth-order valence-electron chi connectivity index (χ4n) is 3.29. The average molecular weight is 478 g/mol. The molecule has 1 aromatic carbocycles. The summed E-state index contributed by atoms with van der Waals surface area (Å²) in [5.74, 6) is 2.18. The molecule has 10 heteroatoms. The highest BCUT2D eigenvalue weighted by Crippen LogP contribution is 2.31. The van der Waals surface area contributed by atoms with Gasteiger partial charge in [-0.2, -0.15) is 0 Å². The molecule has 2 aromatic heterocycles. The fraction of sp³-hybridized carbons (Fsp3) is 0.455. The molecule has 2 heterocycles. The molecule has 8 nitrogen and oxygen atoms in total. The number of halogens is 1. The molecule has 0 saturated heterocycles. The zero-order valence-corrected chi connectivity index (χ0v) is 20.2. The quantitative estimate of drug-likeness (QED) is 0.355. The SMILES string of the molecule is CCC(Sc1nnc(COc2ccccc2Cl)n1C(CC)CC)C(=O)Nc1cc(C)on1. The van der Waals surface area contributed by atoms with E-state index in [2.05, 4.69) is 39.1 Å². The minimum atomic E-state index is -0.360. The summed E-state index contributed by atoms with van der Waals surface area (Å²) in [6.07, 6.45) is 2.43. The Hall–Kier alpha value is -2.52. The second kappa shape index (κ2) is 11.4. The standard InChI is InChI=1S/C22H28ClN5O3S/c1-5-15(6-2)28-20(13-30-17-11-9-8-10-16(17)23)25-26-22(28)32-18(7-3)21(29)24-19-12-14(4)31-27-19/h8-12,15,18H,5-7,13H2,1-4H3,(H,24,27,29). The zero-order chi connectivity index (χ0) is 23.1. The van der Waals surface area contributed by atoms with Crippen molar-refractivity contribution in [1.82, 2.24) is 19.9 Å². The van der Waals surface area contributed by atoms with Gasteiger partial charge in [0.2, 0.25) is 5.91 Å². The number of amides is 1. The number of carbonyl (C=O) groups excluding carboxylic acids is 1. The van der Waals surface area contributed by atoms with Gasteiger partial charge in [-0.15, -0.1) is 10.2 Å². The van der Waals surface area contributed by atoms with E-state index in [9.17, 15) is 4.79 Å². The number of nitrogens with one attached hydrogen (secondary N) is 1. The summed E-state index contributed by atoms with van der Waals surface area (Å²) >= 11 is 7.61. The zero-order valence-electron chi connectivity index (χ0n) is 18.7. The molecule has 1 unspecified atom stereocenters. The molecule has 1 N–H and O–H groups in total. The molecule has 0 bridgehead atoms. The third-order valence-electron chi connectivity index (χ3n) is 5.03. The van der Waals surface area contributed by atoms with Crippen LogP contribution >= 0.6 is 23.4 Å². The molecule has 0 saturated carbocycles. The van der Waals surface area contributed by atoms with Crippen LogP contribution < -0.4 is 10.1 Å². The number of rotatable bonds is 11. The van der Waals surface area contributed by atoms with Gasteiger partial charge in [-0.25, -0.2) is 0 Å². The molecule has 0 aliphatic heterocycles. The lowest BCUT2D eigenvalue weighted by molar-refractivity contribution is -0.115. The second-order valence-corrected chi connectivity index (χ2v) is 8.86. The summed E-state index contributed by atoms with van der Waals surface area (Å²) in [6, 6.07) is 9.20. The maximum absolute atomic E-state index is 12.8. The Morgan fingerprint density at radius 2 is 1.97 bits per heavy atom. The first kappa shape index (κ1) is 24.1. The Labute approximate surface area is 197 Å². The molecule has 0 radical (unpaired) electrons. The van der Waals surface area contributed by atoms with Crippen LogP contribution in [0.2, 0.25) is 5.02 Å². The van der Waals surface area contributed by atoms with Crippen molar-refractivity contribution in [2.75, 3.05) is 5.32 Å². The van der Waals surface area contributed by atoms with Crippen LogP contribution in [0.25, 0.3) is 0 Å². The lowest BCUT2D eigenvalue weighted by atomic mass is 10.2. The van der Waals surface area contributed by atoms with Gasteiger partial charge in [-0.3, -0.25) is 4.79 Å². The first-order valence-electron chi connectivity index (χ1n) is 10.7. The molecule has 0 fully saturated rings. The number of aryl methyl sites for hydroxylation is 1. The highest BCUT2D eigenvalue weighted by molar-refractivity contribution is 8.00. The summed E-state index contributed by atoms with van der Waals surface area (Å²) < 4.78 is 13.0. The van der Waals surface area contributed by atoms with Gasteiger partial charge in [0.05, 0.1) is 10.3 Å². The van der Waals surface area contributed by atoms with Gasteiger partial charge >= 0.3 is 0 Å². The van der Waals surface area contributed by atoms with Crippen molar-refractivity contribution in [3.63, 3.8) is 0 Å². The predicted octanol–water partition coefficient (Wildman–Crippen LogP) is 5.68. The van der Waals surface area contributed by atoms with Crippen LogP contribution in [0.1, 0.15) is 57.7 Å². The number of anilines is 1. The minimum absolute atomic E-state index is 0.154. The van der Waals surface area contributed by atoms with E-state index < -0.39 is 0 Å². The van der Waals surface area contributed by atoms with E-state index in [1.165, 1.54) is 11.8 Å². The lowest BCUT2D eigenvalue weighted by Gasteiger charge is -2.21. The maximum Gasteiger partial charge on any atom is 0.239 e. The van der Waals surface area contributed by atoms with Crippen LogP contribution in [0.4, 0.5) is 5.82 Å². The number of hydrogen-bond donors (Lipinski definition) is 1. The van der Waals surface area contributed by atoms with E-state index in [0.717, 1.165) is 12.8 Å². The van der Waals surface area contributed by atoms with Gasteiger partial charge < -0.3 is 19.1 Å². The third kappa shape index (κ3) is 5.83. The van der Waals surface area contributed by atoms with Gasteiger partial charge in [0, 0.05) is 12.1 Å². The number of carbonyl (C=O) groups is 1. The van der Waals surface area contributed by atoms with Gasteiger partial charge in [0.25, 0.3) is 0 Å². The van der Waals surface area contributed by atoms with Crippen molar-refractivity contribution < 1.29 is 14.1 Å². The van der Waals surface area contributed by atoms with Crippen molar-refractivity contribution in [3.8, 4) is 5.75 Å². The van der Waals surface area contributed by atoms with Crippen LogP contribution in [-0.2, 0) is 11.4 Å². The molecule has 1 atom stereocenters. The minimum Gasteiger partial charge on any atom is -0.484 e. The number of para-hydroxylation sites is 1. The van der Waals surface area contributed by atoms with E-state index in [0.29, 0.717) is 39.8 Å². The number of aromatic nitrogens is 4. The van der Waals surface area contributed by atoms with E-state index in [4.69, 9.17) is 20.9 Å². The third-order valence-corrected chi connectivity index (χ3v) is 6.66. The van der Waals surface area contributed by atoms with Crippen LogP contribution in [0.15, 0.2) is 40.0 Å². The molecular formula is C22H28ClN5O3S. The predicted molar refractivity (Wildman–Crippen MR) is 125 cm³/mol. The molecule has 1 amide bonds. The van der Waals surface area contributed by atoms with Crippen molar-refractivity contribution in [2.45, 2.75) is 70.0 Å². The Bertz CT molecular complexity index is 1030. The largest absolute Gasteiger partial charge is 0.484 e. The number of nitrogens with zero attached hydrogens (tertiary/aromatic N) is 4. The van der Waals surface area contributed by atoms with Gasteiger partial charge in [-0.05, 0) is 38.3 Å². The molecule has 32 heavy (non-hydrogen) atoms. The van der Waals surface area contributed by atoms with E-state index in [1.54, 1.807) is 19.1 Å². The maximum atomic E-state index is 12.8. The molecule has 0 aliphatic carbocycles. The highest BCUT2D eigenvalue weighted by Gasteiger charge is 2.26. The first-order valence-corrected chi connectivity index (χ1v) is 11.9. The number of thioether (sulfide) groups is 1. The molecule has 0 aliphatic rings. The molecule has 0 spiro atoms. The summed E-state index contributed by atoms with van der Waals surface area (Å²) in [7, 11) is 0. The number of hydrogen-bond acceptors (Lipinski definition) is 7. The van der Waals surface area contributed by atoms with Gasteiger partial charge in [0.15, 0.2) is 16.8 Å². The van der Waals surface area contributed by atoms with E-state index >= 15 is 0 Å². The smallest absolute Gasteiger partial charge is 0.239 e. The number of benzene rings is 1. The molecule has 3 rings (SSSR count). The van der Waals surface area contributed by atoms with E-state index in [1.807, 2.05) is 25.1 Å². The summed E-state index contributed by atoms with van der Waals surface area (Å²) in [5.41, 5.74) is 0. The average Bonchev–Trinajstić information content (AvgIpc) is 3.38. The van der Waals surface area contributed by atoms with Crippen LogP contribution in [-0.4, -0.2) is 31.1 Å². The monoisotopic (exact) mass is 477 g/mol. The normalized spacial score (nSPS) is 12.2. The van der Waals surface area contributed by atoms with E-state index in [-0.39, 0.29) is 23.8 Å². The van der Waals surface area contributed by atoms with Crippen molar-refractivity contribution in [3.05, 3.63) is 46.9 Å². The molecular weight excluding hydrogens is 450 g/mol. The second-order valence-electron chi connectivity index (χ2n) is 7.29. The first-order chi connectivity index (χ1) is 15.5. The topological polar surface area (TPSA) is 95.1 Å². The Morgan fingerprint density at radius 1 is 1.22 bits per heavy atom. The highest BCUT2D eigenvalue weighted by atomic mass is 35.5. The Morgan fingerprint density at radius 3 is 2.59 bits per heavy atom. The summed E-state index contributed by atoms with van der Waals surface area (Å²) in [6.45, 7) is 8.22. The van der Waals surface area contributed by atoms with Gasteiger partial charge in [0.1, 0.15) is 18.1 Å².